The minimum absolute atomic E-state index is 0.0698. The third-order valence-electron chi connectivity index (χ3n) is 5.42. The average molecular weight is 407 g/mol. The van der Waals surface area contributed by atoms with E-state index in [2.05, 4.69) is 41.5 Å². The van der Waals surface area contributed by atoms with Crippen molar-refractivity contribution in [1.29, 1.82) is 0 Å². The normalized spacial score (nSPS) is 13.2. The van der Waals surface area contributed by atoms with Gasteiger partial charge >= 0.3 is 0 Å². The number of fused-ring (bicyclic) bond motifs is 3. The molecule has 2 N–H and O–H groups in total. The molecule has 4 rings (SSSR count). The van der Waals surface area contributed by atoms with Crippen LogP contribution in [0.4, 0.5) is 0 Å². The molecule has 8 heteroatoms. The minimum Gasteiger partial charge on any atom is -0.335 e. The van der Waals surface area contributed by atoms with E-state index in [0.717, 1.165) is 49.1 Å². The van der Waals surface area contributed by atoms with Gasteiger partial charge in [-0.2, -0.15) is 0 Å². The van der Waals surface area contributed by atoms with Gasteiger partial charge in [-0.3, -0.25) is 9.78 Å². The summed E-state index contributed by atoms with van der Waals surface area (Å²) in [6, 6.07) is 10.4. The molecular weight excluding hydrogens is 387 g/mol. The molecule has 0 fully saturated rings. The van der Waals surface area contributed by atoms with E-state index in [1.54, 1.807) is 0 Å². The molecule has 0 saturated heterocycles. The van der Waals surface area contributed by atoms with Gasteiger partial charge in [-0.15, -0.1) is 11.3 Å². The van der Waals surface area contributed by atoms with Crippen molar-refractivity contribution in [3.8, 4) is 11.1 Å². The van der Waals surface area contributed by atoms with Crippen molar-refractivity contribution in [3.63, 3.8) is 0 Å². The fourth-order valence-electron chi connectivity index (χ4n) is 3.90. The molecule has 0 saturated carbocycles. The lowest BCUT2D eigenvalue weighted by molar-refractivity contribution is 0.626. The molecule has 1 atom stereocenters. The summed E-state index contributed by atoms with van der Waals surface area (Å²) >= 11 is 1.46. The summed E-state index contributed by atoms with van der Waals surface area (Å²) in [6.07, 6.45) is 0. The van der Waals surface area contributed by atoms with Crippen molar-refractivity contribution in [3.05, 3.63) is 63.0 Å². The Morgan fingerprint density at radius 3 is 2.50 bits per heavy atom. The van der Waals surface area contributed by atoms with E-state index in [4.69, 9.17) is 28.5 Å². The maximum atomic E-state index is 12.5. The van der Waals surface area contributed by atoms with Crippen LogP contribution in [0.5, 0.6) is 0 Å². The zero-order valence-corrected chi connectivity index (χ0v) is 18.1. The van der Waals surface area contributed by atoms with Crippen LogP contribution in [0.3, 0.4) is 0 Å². The second kappa shape index (κ2) is 7.75. The first-order valence-corrected chi connectivity index (χ1v) is 10.7. The highest BCUT2D eigenvalue weighted by atomic mass is 32.1. The van der Waals surface area contributed by atoms with Crippen LogP contribution in [0.1, 0.15) is 29.8 Å². The van der Waals surface area contributed by atoms with E-state index in [9.17, 15) is 4.79 Å². The van der Waals surface area contributed by atoms with Gasteiger partial charge in [-0.05, 0) is 48.9 Å². The molecular formula is C22H20B3N3OS. The summed E-state index contributed by atoms with van der Waals surface area (Å²) in [4.78, 5) is 20.2. The highest BCUT2D eigenvalue weighted by molar-refractivity contribution is 7.17. The Kier molecular flexibility index (Phi) is 5.41. The summed E-state index contributed by atoms with van der Waals surface area (Å²) in [6.45, 7) is 6.58. The molecule has 3 heterocycles. The van der Waals surface area contributed by atoms with E-state index in [0.29, 0.717) is 6.54 Å². The number of aryl methyl sites for hydroxylation is 2. The van der Waals surface area contributed by atoms with Gasteiger partial charge in [0.25, 0.3) is 5.56 Å². The number of nitrogens with zero attached hydrogens (tertiary/aromatic N) is 1. The number of thiophene rings is 1. The zero-order valence-electron chi connectivity index (χ0n) is 17.2. The van der Waals surface area contributed by atoms with Crippen LogP contribution in [-0.4, -0.2) is 45.3 Å². The molecule has 0 aliphatic carbocycles. The molecule has 6 radical (unpaired) electrons. The standard InChI is InChI=1S/C22H20B3N3OS/c1-11(10-26-22(23,24)25)14-4-6-15(7-5-14)17-12(2)27-13(3)19-18(17)16-8-9-30-20(16)21(29)28-19/h4-9,11,26H,10H2,1-3H3,(H,28,29). The molecule has 1 unspecified atom stereocenters. The summed E-state index contributed by atoms with van der Waals surface area (Å²) in [7, 11) is 16.8. The van der Waals surface area contributed by atoms with Crippen LogP contribution in [0.25, 0.3) is 32.1 Å². The number of aromatic nitrogens is 2. The molecule has 0 spiro atoms. The number of benzene rings is 1. The highest BCUT2D eigenvalue weighted by Gasteiger charge is 2.17. The van der Waals surface area contributed by atoms with Gasteiger partial charge in [0.15, 0.2) is 0 Å². The van der Waals surface area contributed by atoms with Gasteiger partial charge < -0.3 is 10.3 Å². The maximum Gasteiger partial charge on any atom is 0.266 e. The molecule has 1 aromatic carbocycles. The van der Waals surface area contributed by atoms with Crippen LogP contribution in [0.15, 0.2) is 40.5 Å². The predicted octanol–water partition coefficient (Wildman–Crippen LogP) is 3.23. The number of aromatic amines is 1. The maximum absolute atomic E-state index is 12.5. The van der Waals surface area contributed by atoms with Crippen molar-refractivity contribution in [2.24, 2.45) is 0 Å². The van der Waals surface area contributed by atoms with Crippen molar-refractivity contribution < 1.29 is 0 Å². The van der Waals surface area contributed by atoms with Crippen LogP contribution >= 0.6 is 11.3 Å². The van der Waals surface area contributed by atoms with E-state index in [-0.39, 0.29) is 11.5 Å². The van der Waals surface area contributed by atoms with Gasteiger partial charge in [-0.25, -0.2) is 0 Å². The summed E-state index contributed by atoms with van der Waals surface area (Å²) in [5, 5.41) is 5.49. The van der Waals surface area contributed by atoms with Gasteiger partial charge in [0.1, 0.15) is 4.70 Å². The van der Waals surface area contributed by atoms with Crippen molar-refractivity contribution >= 4 is 55.9 Å². The number of hydrogen-bond donors (Lipinski definition) is 2. The number of pyridine rings is 2. The Hall–Kier alpha value is -2.31. The first-order chi connectivity index (χ1) is 14.2. The summed E-state index contributed by atoms with van der Waals surface area (Å²) in [5.41, 5.74) is 5.71. The lowest BCUT2D eigenvalue weighted by atomic mass is 9.49. The third kappa shape index (κ3) is 3.86. The second-order valence-electron chi connectivity index (χ2n) is 7.86. The number of hydrogen-bond acceptors (Lipinski definition) is 4. The van der Waals surface area contributed by atoms with Gasteiger partial charge in [-0.1, -0.05) is 36.4 Å². The first kappa shape index (κ1) is 20.9. The van der Waals surface area contributed by atoms with Gasteiger partial charge in [0.2, 0.25) is 0 Å². The van der Waals surface area contributed by atoms with Crippen LogP contribution in [0, 0.1) is 13.8 Å². The minimum atomic E-state index is -1.39. The van der Waals surface area contributed by atoms with E-state index in [1.165, 1.54) is 11.3 Å². The Morgan fingerprint density at radius 1 is 1.13 bits per heavy atom. The lowest BCUT2D eigenvalue weighted by Crippen LogP contribution is -2.48. The van der Waals surface area contributed by atoms with Crippen molar-refractivity contribution in [2.45, 2.75) is 31.9 Å². The number of H-pyrrole nitrogens is 1. The monoisotopic (exact) mass is 407 g/mol. The summed E-state index contributed by atoms with van der Waals surface area (Å²) < 4.78 is 0.735. The number of nitrogens with one attached hydrogen (secondary N) is 2. The van der Waals surface area contributed by atoms with Gasteiger partial charge in [0, 0.05) is 22.0 Å². The van der Waals surface area contributed by atoms with Crippen molar-refractivity contribution in [1.82, 2.24) is 15.3 Å². The third-order valence-corrected chi connectivity index (χ3v) is 6.33. The molecule has 0 aliphatic heterocycles. The van der Waals surface area contributed by atoms with Crippen LogP contribution in [-0.2, 0) is 0 Å². The van der Waals surface area contributed by atoms with Gasteiger partial charge in [0.05, 0.1) is 34.7 Å². The summed E-state index contributed by atoms with van der Waals surface area (Å²) in [5.74, 6) is 0.183. The van der Waals surface area contributed by atoms with Crippen molar-refractivity contribution in [2.75, 3.05) is 6.54 Å². The Morgan fingerprint density at radius 2 is 1.83 bits per heavy atom. The molecule has 3 aromatic heterocycles. The quantitative estimate of drug-likeness (QED) is 0.500. The van der Waals surface area contributed by atoms with E-state index in [1.807, 2.05) is 25.3 Å². The Labute approximate surface area is 183 Å². The molecule has 0 amide bonds. The molecule has 4 nitrogen and oxygen atoms in total. The van der Waals surface area contributed by atoms with E-state index < -0.39 is 5.24 Å². The zero-order chi connectivity index (χ0) is 21.6. The second-order valence-corrected chi connectivity index (χ2v) is 8.78. The fraction of sp³-hybridized carbons (Fsp3) is 0.273. The smallest absolute Gasteiger partial charge is 0.266 e. The fourth-order valence-corrected chi connectivity index (χ4v) is 4.70. The Bertz CT molecular complexity index is 1290. The topological polar surface area (TPSA) is 57.8 Å². The molecule has 0 bridgehead atoms. The largest absolute Gasteiger partial charge is 0.335 e. The number of rotatable bonds is 5. The molecule has 30 heavy (non-hydrogen) atoms. The van der Waals surface area contributed by atoms with Crippen LogP contribution in [0.2, 0.25) is 0 Å². The highest BCUT2D eigenvalue weighted by Crippen LogP contribution is 2.37. The molecule has 144 valence electrons. The van der Waals surface area contributed by atoms with Crippen LogP contribution < -0.4 is 10.9 Å². The Balaban J connectivity index is 1.82. The molecule has 0 aliphatic rings. The predicted molar refractivity (Wildman–Crippen MR) is 129 cm³/mol. The van der Waals surface area contributed by atoms with E-state index >= 15 is 0 Å². The SMILES string of the molecule is [B]C([B])([B])NCC(C)c1ccc(-c2c(C)nc(C)c3[nH]c(=O)c4sccc4c23)cc1. The first-order valence-electron chi connectivity index (χ1n) is 9.78. The lowest BCUT2D eigenvalue weighted by Gasteiger charge is -2.25. The molecule has 4 aromatic rings. The average Bonchev–Trinajstić information content (AvgIpc) is 3.18.